The van der Waals surface area contributed by atoms with Gasteiger partial charge < -0.3 is 14.9 Å². The van der Waals surface area contributed by atoms with Crippen LogP contribution in [0.15, 0.2) is 48.6 Å². The van der Waals surface area contributed by atoms with Gasteiger partial charge in [-0.25, -0.2) is 4.39 Å². The molecule has 5 heteroatoms. The Hall–Kier alpha value is -1.98. The van der Waals surface area contributed by atoms with Gasteiger partial charge >= 0.3 is 5.97 Å². The minimum Gasteiger partial charge on any atom is -0.463 e. The fourth-order valence-electron chi connectivity index (χ4n) is 4.96. The van der Waals surface area contributed by atoms with Crippen molar-refractivity contribution in [1.82, 2.24) is 0 Å². The maximum absolute atomic E-state index is 14.6. The zero-order chi connectivity index (χ0) is 23.1. The summed E-state index contributed by atoms with van der Waals surface area (Å²) >= 11 is 0. The van der Waals surface area contributed by atoms with E-state index in [0.29, 0.717) is 19.3 Å². The lowest BCUT2D eigenvalue weighted by atomic mass is 9.89. The molecule has 176 valence electrons. The van der Waals surface area contributed by atoms with Gasteiger partial charge in [-0.05, 0) is 68.9 Å². The molecule has 1 saturated carbocycles. The lowest BCUT2D eigenvalue weighted by Gasteiger charge is -2.20. The number of aliphatic hydroxyl groups excluding tert-OH is 2. The molecule has 2 N–H and O–H groups in total. The van der Waals surface area contributed by atoms with Crippen molar-refractivity contribution < 1.29 is 24.1 Å². The molecule has 0 saturated heterocycles. The summed E-state index contributed by atoms with van der Waals surface area (Å²) in [6.07, 6.45) is 9.24. The largest absolute Gasteiger partial charge is 0.463 e. The van der Waals surface area contributed by atoms with Crippen LogP contribution < -0.4 is 0 Å². The summed E-state index contributed by atoms with van der Waals surface area (Å²) < 4.78 is 19.7. The first kappa shape index (κ1) is 24.7. The Balaban J connectivity index is 1.47. The number of unbranched alkanes of at least 4 members (excludes halogenated alkanes) is 1. The molecular formula is C27H37FO4. The van der Waals surface area contributed by atoms with E-state index in [1.807, 2.05) is 38.1 Å². The molecule has 0 radical (unpaired) electrons. The number of fused-ring (bicyclic) bond motifs is 1. The van der Waals surface area contributed by atoms with Crippen molar-refractivity contribution in [3.8, 4) is 0 Å². The number of allylic oxidation sites excluding steroid dienone is 3. The fraction of sp³-hybridized carbons (Fsp3) is 0.593. The number of hydrogen-bond acceptors (Lipinski definition) is 4. The Bertz CT molecular complexity index is 778. The summed E-state index contributed by atoms with van der Waals surface area (Å²) in [4.78, 5) is 11.6. The third kappa shape index (κ3) is 6.76. The Morgan fingerprint density at radius 3 is 2.56 bits per heavy atom. The molecule has 0 spiro atoms. The summed E-state index contributed by atoms with van der Waals surface area (Å²) in [5, 5.41) is 21.0. The number of aliphatic hydroxyl groups is 2. The van der Waals surface area contributed by atoms with Crippen molar-refractivity contribution in [3.63, 3.8) is 0 Å². The predicted molar refractivity (Wildman–Crippen MR) is 124 cm³/mol. The standard InChI is InChI=1S/C27H37FO4/c1-18(2)32-27(31)12-6-4-3-5-11-23-22(24(28)17-26(23)30)13-14-25(29)21-15-19-9-7-8-10-20(19)16-21/h3,5,7-10,13-14,18,21-26,29-30H,4,6,11-12,15-17H2,1-2H3/t22-,23-,24+,25-,26+/m1/s1. The first-order chi connectivity index (χ1) is 15.3. The summed E-state index contributed by atoms with van der Waals surface area (Å²) in [5.74, 6) is -0.659. The second kappa shape index (κ2) is 11.8. The lowest BCUT2D eigenvalue weighted by Crippen LogP contribution is -2.21. The van der Waals surface area contributed by atoms with Crippen molar-refractivity contribution in [3.05, 3.63) is 59.7 Å². The number of carbonyl (C=O) groups is 1. The monoisotopic (exact) mass is 444 g/mol. The molecule has 0 heterocycles. The van der Waals surface area contributed by atoms with E-state index in [4.69, 9.17) is 4.74 Å². The second-order valence-corrected chi connectivity index (χ2v) is 9.51. The average Bonchev–Trinajstić information content (AvgIpc) is 3.29. The molecule has 0 unspecified atom stereocenters. The molecule has 3 rings (SSSR count). The van der Waals surface area contributed by atoms with Gasteiger partial charge in [0.25, 0.3) is 0 Å². The highest BCUT2D eigenvalue weighted by molar-refractivity contribution is 5.69. The van der Waals surface area contributed by atoms with E-state index in [0.717, 1.165) is 19.3 Å². The normalized spacial score (nSPS) is 26.9. The van der Waals surface area contributed by atoms with E-state index in [-0.39, 0.29) is 30.3 Å². The molecule has 1 aromatic rings. The maximum Gasteiger partial charge on any atom is 0.306 e. The van der Waals surface area contributed by atoms with Crippen LogP contribution in [0, 0.1) is 17.8 Å². The molecule has 0 amide bonds. The van der Waals surface area contributed by atoms with E-state index < -0.39 is 24.3 Å². The van der Waals surface area contributed by atoms with Gasteiger partial charge in [-0.2, -0.15) is 0 Å². The van der Waals surface area contributed by atoms with Crippen molar-refractivity contribution >= 4 is 5.97 Å². The summed E-state index contributed by atoms with van der Waals surface area (Å²) in [6.45, 7) is 3.67. The highest BCUT2D eigenvalue weighted by atomic mass is 19.1. The topological polar surface area (TPSA) is 66.8 Å². The van der Waals surface area contributed by atoms with Gasteiger partial charge in [0.2, 0.25) is 0 Å². The fourth-order valence-corrected chi connectivity index (χ4v) is 4.96. The quantitative estimate of drug-likeness (QED) is 0.311. The van der Waals surface area contributed by atoms with E-state index >= 15 is 0 Å². The number of benzene rings is 1. The third-order valence-electron chi connectivity index (χ3n) is 6.66. The van der Waals surface area contributed by atoms with Crippen molar-refractivity contribution in [2.75, 3.05) is 0 Å². The molecule has 2 aliphatic carbocycles. The van der Waals surface area contributed by atoms with E-state index in [2.05, 4.69) is 12.1 Å². The zero-order valence-corrected chi connectivity index (χ0v) is 19.2. The number of halogens is 1. The Labute approximate surface area is 191 Å². The van der Waals surface area contributed by atoms with Crippen LogP contribution in [0.1, 0.15) is 57.1 Å². The van der Waals surface area contributed by atoms with Gasteiger partial charge in [0.15, 0.2) is 0 Å². The molecule has 1 fully saturated rings. The number of rotatable bonds is 10. The van der Waals surface area contributed by atoms with E-state index in [9.17, 15) is 19.4 Å². The Morgan fingerprint density at radius 1 is 1.22 bits per heavy atom. The van der Waals surface area contributed by atoms with Gasteiger partial charge in [-0.15, -0.1) is 0 Å². The van der Waals surface area contributed by atoms with Crippen LogP contribution >= 0.6 is 0 Å². The molecule has 2 aliphatic rings. The first-order valence-electron chi connectivity index (χ1n) is 11.9. The van der Waals surface area contributed by atoms with Crippen LogP contribution in [-0.4, -0.2) is 40.7 Å². The van der Waals surface area contributed by atoms with Crippen molar-refractivity contribution in [2.45, 2.75) is 83.3 Å². The average molecular weight is 445 g/mol. The third-order valence-corrected chi connectivity index (χ3v) is 6.66. The molecule has 1 aromatic carbocycles. The van der Waals surface area contributed by atoms with Gasteiger partial charge in [0.1, 0.15) is 6.17 Å². The van der Waals surface area contributed by atoms with Gasteiger partial charge in [-0.1, -0.05) is 48.6 Å². The minimum atomic E-state index is -1.10. The van der Waals surface area contributed by atoms with Crippen LogP contribution in [0.25, 0.3) is 0 Å². The van der Waals surface area contributed by atoms with Crippen LogP contribution in [0.5, 0.6) is 0 Å². The molecule has 4 nitrogen and oxygen atoms in total. The SMILES string of the molecule is CC(C)OC(=O)CCCC=CC[C@@H]1[C@@H](C=C[C@@H](O)C2Cc3ccccc3C2)[C@@H](F)C[C@@H]1O. The smallest absolute Gasteiger partial charge is 0.306 e. The predicted octanol–water partition coefficient (Wildman–Crippen LogP) is 4.72. The number of hydrogen-bond donors (Lipinski definition) is 2. The van der Waals surface area contributed by atoms with Crippen LogP contribution in [-0.2, 0) is 22.4 Å². The summed E-state index contributed by atoms with van der Waals surface area (Å²) in [7, 11) is 0. The second-order valence-electron chi connectivity index (χ2n) is 9.51. The van der Waals surface area contributed by atoms with Crippen LogP contribution in [0.2, 0.25) is 0 Å². The number of carbonyl (C=O) groups excluding carboxylic acids is 1. The molecule has 5 atom stereocenters. The molecule has 0 aromatic heterocycles. The summed E-state index contributed by atoms with van der Waals surface area (Å²) in [6, 6.07) is 8.25. The number of alkyl halides is 1. The Kier molecular flexibility index (Phi) is 9.06. The van der Waals surface area contributed by atoms with Gasteiger partial charge in [-0.3, -0.25) is 4.79 Å². The Morgan fingerprint density at radius 2 is 1.91 bits per heavy atom. The minimum absolute atomic E-state index is 0.0944. The van der Waals surface area contributed by atoms with Crippen LogP contribution in [0.3, 0.4) is 0 Å². The summed E-state index contributed by atoms with van der Waals surface area (Å²) in [5.41, 5.74) is 2.56. The first-order valence-corrected chi connectivity index (χ1v) is 11.9. The highest BCUT2D eigenvalue weighted by Crippen LogP contribution is 2.38. The highest BCUT2D eigenvalue weighted by Gasteiger charge is 2.40. The molecule has 32 heavy (non-hydrogen) atoms. The molecule has 0 aliphatic heterocycles. The molecular weight excluding hydrogens is 407 g/mol. The van der Waals surface area contributed by atoms with Crippen molar-refractivity contribution in [1.29, 1.82) is 0 Å². The number of esters is 1. The van der Waals surface area contributed by atoms with E-state index in [1.54, 1.807) is 12.2 Å². The van der Waals surface area contributed by atoms with Crippen molar-refractivity contribution in [2.24, 2.45) is 17.8 Å². The zero-order valence-electron chi connectivity index (χ0n) is 19.2. The van der Waals surface area contributed by atoms with E-state index in [1.165, 1.54) is 11.1 Å². The van der Waals surface area contributed by atoms with Gasteiger partial charge in [0, 0.05) is 18.8 Å². The number of ether oxygens (including phenoxy) is 1. The maximum atomic E-state index is 14.6. The van der Waals surface area contributed by atoms with Gasteiger partial charge in [0.05, 0.1) is 18.3 Å². The molecule has 0 bridgehead atoms. The lowest BCUT2D eigenvalue weighted by molar-refractivity contribution is -0.147. The van der Waals surface area contributed by atoms with Crippen LogP contribution in [0.4, 0.5) is 4.39 Å².